The number of carbonyl (C=O) groups is 2. The van der Waals surface area contributed by atoms with Crippen LogP contribution in [0.1, 0.15) is 23.2 Å². The van der Waals surface area contributed by atoms with E-state index in [2.05, 4.69) is 20.8 Å². The van der Waals surface area contributed by atoms with E-state index in [0.29, 0.717) is 30.9 Å². The van der Waals surface area contributed by atoms with Crippen LogP contribution in [0.15, 0.2) is 42.6 Å². The van der Waals surface area contributed by atoms with Crippen molar-refractivity contribution in [3.63, 3.8) is 0 Å². The van der Waals surface area contributed by atoms with E-state index in [9.17, 15) is 9.59 Å². The van der Waals surface area contributed by atoms with Gasteiger partial charge in [0.15, 0.2) is 5.82 Å². The molecule has 0 aliphatic carbocycles. The van der Waals surface area contributed by atoms with Crippen molar-refractivity contribution in [2.24, 2.45) is 5.92 Å². The molecular weight excluding hydrogens is 358 g/mol. The summed E-state index contributed by atoms with van der Waals surface area (Å²) in [7, 11) is 0. The molecule has 1 aromatic heterocycles. The van der Waals surface area contributed by atoms with Crippen molar-refractivity contribution in [2.45, 2.75) is 18.9 Å². The molecule has 2 fully saturated rings. The molecule has 0 saturated carbocycles. The van der Waals surface area contributed by atoms with Crippen LogP contribution in [-0.2, 0) is 9.53 Å². The molecule has 2 amide bonds. The third-order valence-electron chi connectivity index (χ3n) is 5.06. The van der Waals surface area contributed by atoms with E-state index >= 15 is 0 Å². The first-order chi connectivity index (χ1) is 13.7. The lowest BCUT2D eigenvalue weighted by atomic mass is 9.99. The van der Waals surface area contributed by atoms with Gasteiger partial charge < -0.3 is 20.3 Å². The Hall–Kier alpha value is -3.00. The Kier molecular flexibility index (Phi) is 5.48. The van der Waals surface area contributed by atoms with Gasteiger partial charge in [-0.3, -0.25) is 9.59 Å². The van der Waals surface area contributed by atoms with Crippen LogP contribution < -0.4 is 15.5 Å². The van der Waals surface area contributed by atoms with E-state index in [0.717, 1.165) is 25.3 Å². The highest BCUT2D eigenvalue weighted by atomic mass is 16.5. The summed E-state index contributed by atoms with van der Waals surface area (Å²) in [6.07, 6.45) is 3.78. The molecule has 8 heteroatoms. The van der Waals surface area contributed by atoms with Gasteiger partial charge in [0.2, 0.25) is 5.91 Å². The van der Waals surface area contributed by atoms with Gasteiger partial charge in [0, 0.05) is 43.7 Å². The van der Waals surface area contributed by atoms with E-state index in [1.165, 1.54) is 0 Å². The summed E-state index contributed by atoms with van der Waals surface area (Å²) in [5, 5.41) is 13.7. The van der Waals surface area contributed by atoms with Crippen molar-refractivity contribution in [3.8, 4) is 0 Å². The van der Waals surface area contributed by atoms with Crippen molar-refractivity contribution >= 4 is 23.3 Å². The lowest BCUT2D eigenvalue weighted by Gasteiger charge is -2.38. The highest BCUT2D eigenvalue weighted by Crippen LogP contribution is 2.23. The minimum Gasteiger partial charge on any atom is -0.376 e. The lowest BCUT2D eigenvalue weighted by Crippen LogP contribution is -2.52. The lowest BCUT2D eigenvalue weighted by molar-refractivity contribution is -0.120. The number of nitrogens with one attached hydrogen (secondary N) is 2. The maximum atomic E-state index is 12.4. The van der Waals surface area contributed by atoms with Crippen molar-refractivity contribution in [1.29, 1.82) is 0 Å². The molecule has 2 aromatic rings. The van der Waals surface area contributed by atoms with Crippen LogP contribution in [0, 0.1) is 5.92 Å². The number of carbonyl (C=O) groups excluding carboxylic acids is 2. The molecule has 0 spiro atoms. The summed E-state index contributed by atoms with van der Waals surface area (Å²) in [6, 6.07) is 10.6. The summed E-state index contributed by atoms with van der Waals surface area (Å²) in [5.74, 6) is 0.531. The molecule has 3 heterocycles. The number of ether oxygens (including phenoxy) is 1. The van der Waals surface area contributed by atoms with Crippen LogP contribution in [-0.4, -0.2) is 54.4 Å². The van der Waals surface area contributed by atoms with Gasteiger partial charge in [-0.05, 0) is 49.2 Å². The monoisotopic (exact) mass is 381 g/mol. The minimum absolute atomic E-state index is 0.0317. The number of rotatable bonds is 6. The molecule has 146 valence electrons. The fraction of sp³-hybridized carbons (Fsp3) is 0.400. The second-order valence-electron chi connectivity index (χ2n) is 7.10. The molecule has 2 saturated heterocycles. The fourth-order valence-electron chi connectivity index (χ4n) is 3.36. The van der Waals surface area contributed by atoms with Gasteiger partial charge in [-0.1, -0.05) is 0 Å². The molecule has 8 nitrogen and oxygen atoms in total. The van der Waals surface area contributed by atoms with Gasteiger partial charge in [0.1, 0.15) is 0 Å². The molecule has 0 unspecified atom stereocenters. The second-order valence-corrected chi connectivity index (χ2v) is 7.10. The molecule has 2 N–H and O–H groups in total. The predicted octanol–water partition coefficient (Wildman–Crippen LogP) is 1.46. The summed E-state index contributed by atoms with van der Waals surface area (Å²) < 4.78 is 5.50. The summed E-state index contributed by atoms with van der Waals surface area (Å²) in [6.45, 7) is 2.54. The van der Waals surface area contributed by atoms with Crippen molar-refractivity contribution in [1.82, 2.24) is 15.5 Å². The largest absolute Gasteiger partial charge is 0.376 e. The first kappa shape index (κ1) is 18.4. The van der Waals surface area contributed by atoms with E-state index in [-0.39, 0.29) is 23.8 Å². The van der Waals surface area contributed by atoms with Crippen molar-refractivity contribution in [3.05, 3.63) is 48.2 Å². The van der Waals surface area contributed by atoms with Gasteiger partial charge in [0.25, 0.3) is 5.91 Å². The SMILES string of the molecule is O=C(NC[C@H]1CCCO1)c1ccc(NC(=O)C2CN(c3cccnn3)C2)cc1. The van der Waals surface area contributed by atoms with Crippen LogP contribution in [0.3, 0.4) is 0 Å². The van der Waals surface area contributed by atoms with Crippen LogP contribution in [0.4, 0.5) is 11.5 Å². The van der Waals surface area contributed by atoms with Gasteiger partial charge in [-0.15, -0.1) is 5.10 Å². The maximum absolute atomic E-state index is 12.4. The first-order valence-corrected chi connectivity index (χ1v) is 9.52. The van der Waals surface area contributed by atoms with Gasteiger partial charge >= 0.3 is 0 Å². The van der Waals surface area contributed by atoms with E-state index < -0.39 is 0 Å². The minimum atomic E-state index is -0.132. The molecule has 4 rings (SSSR count). The summed E-state index contributed by atoms with van der Waals surface area (Å²) >= 11 is 0. The molecule has 28 heavy (non-hydrogen) atoms. The van der Waals surface area contributed by atoms with Crippen LogP contribution in [0.2, 0.25) is 0 Å². The smallest absolute Gasteiger partial charge is 0.251 e. The fourth-order valence-corrected chi connectivity index (χ4v) is 3.36. The molecular formula is C20H23N5O3. The number of hydrogen-bond acceptors (Lipinski definition) is 6. The molecule has 0 radical (unpaired) electrons. The maximum Gasteiger partial charge on any atom is 0.251 e. The number of amides is 2. The number of benzene rings is 1. The Bertz CT molecular complexity index is 815. The normalized spacial score (nSPS) is 19.1. The van der Waals surface area contributed by atoms with Crippen molar-refractivity contribution in [2.75, 3.05) is 36.5 Å². The number of aromatic nitrogens is 2. The van der Waals surface area contributed by atoms with Crippen molar-refractivity contribution < 1.29 is 14.3 Å². The zero-order chi connectivity index (χ0) is 19.3. The zero-order valence-electron chi connectivity index (χ0n) is 15.5. The topological polar surface area (TPSA) is 96.5 Å². The molecule has 1 aromatic carbocycles. The highest BCUT2D eigenvalue weighted by molar-refractivity contribution is 5.97. The standard InChI is InChI=1S/C20H23N5O3/c26-19(21-11-17-3-2-10-28-17)14-5-7-16(8-6-14)23-20(27)15-12-25(13-15)18-4-1-9-22-24-18/h1,4-9,15,17H,2-3,10-13H2,(H,21,26)(H,23,27)/t17-/m1/s1. The Labute approximate surface area is 163 Å². The molecule has 2 aliphatic heterocycles. The van der Waals surface area contributed by atoms with E-state index in [4.69, 9.17) is 4.74 Å². The van der Waals surface area contributed by atoms with Gasteiger partial charge in [-0.25, -0.2) is 0 Å². The number of anilines is 2. The second kappa shape index (κ2) is 8.35. The average molecular weight is 381 g/mol. The summed E-state index contributed by atoms with van der Waals surface area (Å²) in [5.41, 5.74) is 1.24. The Morgan fingerprint density at radius 1 is 1.18 bits per heavy atom. The zero-order valence-corrected chi connectivity index (χ0v) is 15.5. The van der Waals surface area contributed by atoms with E-state index in [1.54, 1.807) is 30.5 Å². The molecule has 2 aliphatic rings. The predicted molar refractivity (Wildman–Crippen MR) is 104 cm³/mol. The van der Waals surface area contributed by atoms with Gasteiger partial charge in [-0.2, -0.15) is 5.10 Å². The Balaban J connectivity index is 1.24. The summed E-state index contributed by atoms with van der Waals surface area (Å²) in [4.78, 5) is 26.6. The van der Waals surface area contributed by atoms with Gasteiger partial charge in [0.05, 0.1) is 12.0 Å². The first-order valence-electron chi connectivity index (χ1n) is 9.52. The number of hydrogen-bond donors (Lipinski definition) is 2. The average Bonchev–Trinajstić information content (AvgIpc) is 3.20. The Morgan fingerprint density at radius 3 is 2.68 bits per heavy atom. The van der Waals surface area contributed by atoms with Crippen LogP contribution in [0.5, 0.6) is 0 Å². The van der Waals surface area contributed by atoms with Crippen LogP contribution in [0.25, 0.3) is 0 Å². The van der Waals surface area contributed by atoms with E-state index in [1.807, 2.05) is 17.0 Å². The Morgan fingerprint density at radius 2 is 2.00 bits per heavy atom. The quantitative estimate of drug-likeness (QED) is 0.786. The molecule has 0 bridgehead atoms. The van der Waals surface area contributed by atoms with Crippen LogP contribution >= 0.6 is 0 Å². The third-order valence-corrected chi connectivity index (χ3v) is 5.06. The molecule has 1 atom stereocenters. The number of nitrogens with zero attached hydrogens (tertiary/aromatic N) is 3. The highest BCUT2D eigenvalue weighted by Gasteiger charge is 2.33. The third kappa shape index (κ3) is 4.28.